The fourth-order valence-corrected chi connectivity index (χ4v) is 4.69. The van der Waals surface area contributed by atoms with Crippen LogP contribution in [0, 0.1) is 0 Å². The molecule has 4 heterocycles. The summed E-state index contributed by atoms with van der Waals surface area (Å²) >= 11 is 1.49. The quantitative estimate of drug-likeness (QED) is 0.234. The molecule has 0 saturated carbocycles. The molecule has 0 radical (unpaired) electrons. The number of esters is 2. The highest BCUT2D eigenvalue weighted by molar-refractivity contribution is 7.10. The molecule has 1 saturated heterocycles. The molecule has 3 aromatic heterocycles. The highest BCUT2D eigenvalue weighted by Gasteiger charge is 2.30. The molecule has 14 heteroatoms. The average Bonchev–Trinajstić information content (AvgIpc) is 3.68. The first-order valence-corrected chi connectivity index (χ1v) is 12.6. The molecule has 1 aliphatic heterocycles. The number of H-pyrrole nitrogens is 1. The first-order chi connectivity index (χ1) is 18.0. The number of amides is 1. The molecule has 0 unspecified atom stereocenters. The minimum absolute atomic E-state index is 0.0273. The summed E-state index contributed by atoms with van der Waals surface area (Å²) in [5.41, 5.74) is 1.10. The van der Waals surface area contributed by atoms with Gasteiger partial charge in [-0.25, -0.2) is 14.6 Å². The number of aromatic nitrogens is 4. The molecular formula is C23H26N6O7S. The van der Waals surface area contributed by atoms with Gasteiger partial charge in [0.1, 0.15) is 5.69 Å². The molecule has 1 fully saturated rings. The van der Waals surface area contributed by atoms with Crippen LogP contribution in [0.3, 0.4) is 0 Å². The first kappa shape index (κ1) is 26.0. The average molecular weight is 531 g/mol. The molecular weight excluding hydrogens is 504 g/mol. The molecule has 0 bridgehead atoms. The van der Waals surface area contributed by atoms with Crippen molar-refractivity contribution >= 4 is 34.9 Å². The van der Waals surface area contributed by atoms with Gasteiger partial charge in [-0.3, -0.25) is 9.89 Å². The molecule has 0 spiro atoms. The molecule has 3 aromatic rings. The predicted octanol–water partition coefficient (Wildman–Crippen LogP) is 2.39. The zero-order valence-electron chi connectivity index (χ0n) is 20.3. The van der Waals surface area contributed by atoms with Gasteiger partial charge in [0.25, 0.3) is 5.91 Å². The van der Waals surface area contributed by atoms with Crippen LogP contribution < -0.4 is 0 Å². The van der Waals surface area contributed by atoms with Gasteiger partial charge in [-0.05, 0) is 32.8 Å². The number of hydrogen-bond acceptors (Lipinski definition) is 12. The van der Waals surface area contributed by atoms with Gasteiger partial charge in [0.2, 0.25) is 6.61 Å². The molecule has 0 aliphatic carbocycles. The normalized spacial score (nSPS) is 14.4. The van der Waals surface area contributed by atoms with E-state index in [1.165, 1.54) is 23.6 Å². The molecule has 37 heavy (non-hydrogen) atoms. The van der Waals surface area contributed by atoms with Crippen molar-refractivity contribution in [1.29, 1.82) is 0 Å². The summed E-state index contributed by atoms with van der Waals surface area (Å²) in [5, 5.41) is 17.0. The van der Waals surface area contributed by atoms with Gasteiger partial charge in [0.05, 0.1) is 23.9 Å². The number of oxime groups is 1. The summed E-state index contributed by atoms with van der Waals surface area (Å²) < 4.78 is 15.0. The Bertz CT molecular complexity index is 1240. The third-order valence-corrected chi connectivity index (χ3v) is 6.51. The van der Waals surface area contributed by atoms with Crippen molar-refractivity contribution in [3.63, 3.8) is 0 Å². The summed E-state index contributed by atoms with van der Waals surface area (Å²) in [4.78, 5) is 48.0. The van der Waals surface area contributed by atoms with E-state index in [-0.39, 0.29) is 36.4 Å². The van der Waals surface area contributed by atoms with E-state index in [2.05, 4.69) is 25.5 Å². The predicted molar refractivity (Wildman–Crippen MR) is 130 cm³/mol. The van der Waals surface area contributed by atoms with Crippen molar-refractivity contribution in [2.45, 2.75) is 32.6 Å². The zero-order chi connectivity index (χ0) is 26.2. The summed E-state index contributed by atoms with van der Waals surface area (Å²) in [6.07, 6.45) is 2.90. The molecule has 196 valence electrons. The topological polar surface area (TPSA) is 162 Å². The zero-order valence-corrected chi connectivity index (χ0v) is 21.2. The molecule has 0 atom stereocenters. The Labute approximate surface area is 215 Å². The van der Waals surface area contributed by atoms with E-state index < -0.39 is 18.5 Å². The molecule has 1 amide bonds. The van der Waals surface area contributed by atoms with Gasteiger partial charge < -0.3 is 23.7 Å². The Hall–Kier alpha value is -4.07. The summed E-state index contributed by atoms with van der Waals surface area (Å²) in [6, 6.07) is 3.11. The second-order valence-corrected chi connectivity index (χ2v) is 8.81. The highest BCUT2D eigenvalue weighted by Crippen LogP contribution is 2.33. The molecule has 13 nitrogen and oxygen atoms in total. The van der Waals surface area contributed by atoms with Crippen molar-refractivity contribution in [3.8, 4) is 11.5 Å². The Morgan fingerprint density at radius 3 is 2.70 bits per heavy atom. The van der Waals surface area contributed by atoms with Crippen LogP contribution in [0.1, 0.15) is 53.8 Å². The number of ether oxygens (including phenoxy) is 2. The number of aromatic amines is 1. The van der Waals surface area contributed by atoms with Gasteiger partial charge in [0.15, 0.2) is 17.2 Å². The van der Waals surface area contributed by atoms with Gasteiger partial charge >= 0.3 is 11.9 Å². The van der Waals surface area contributed by atoms with Crippen LogP contribution in [-0.4, -0.2) is 81.7 Å². The first-order valence-electron chi connectivity index (χ1n) is 11.7. The standard InChI is InChI=1S/C23H26N6O7S/c1-3-33-19(30)12-35-28-20(15-5-8-24-26-15)22(31)29-9-6-14(7-10-29)21-25-17(13-37-21)18-11-16(27-36-18)23(32)34-4-2/h5,8,11,13-14H,3-4,6-7,9-10,12H2,1-2H3,(H,24,26). The van der Waals surface area contributed by atoms with Crippen molar-refractivity contribution < 1.29 is 33.2 Å². The summed E-state index contributed by atoms with van der Waals surface area (Å²) in [5.74, 6) is -0.910. The largest absolute Gasteiger partial charge is 0.463 e. The number of carbonyl (C=O) groups is 3. The second kappa shape index (κ2) is 12.3. The lowest BCUT2D eigenvalue weighted by atomic mass is 9.97. The lowest BCUT2D eigenvalue weighted by molar-refractivity contribution is -0.148. The second-order valence-electron chi connectivity index (χ2n) is 7.92. The van der Waals surface area contributed by atoms with E-state index in [4.69, 9.17) is 18.8 Å². The van der Waals surface area contributed by atoms with Gasteiger partial charge in [-0.1, -0.05) is 10.3 Å². The maximum atomic E-state index is 13.2. The highest BCUT2D eigenvalue weighted by atomic mass is 32.1. The van der Waals surface area contributed by atoms with E-state index in [0.717, 1.165) is 5.01 Å². The number of thiazole rings is 1. The minimum Gasteiger partial charge on any atom is -0.463 e. The van der Waals surface area contributed by atoms with Crippen LogP contribution in [0.4, 0.5) is 0 Å². The van der Waals surface area contributed by atoms with Crippen molar-refractivity contribution in [2.75, 3.05) is 32.9 Å². The third-order valence-electron chi connectivity index (χ3n) is 5.50. The smallest absolute Gasteiger partial charge is 0.360 e. The number of rotatable bonds is 10. The Balaban J connectivity index is 1.37. The lowest BCUT2D eigenvalue weighted by Gasteiger charge is -2.31. The van der Waals surface area contributed by atoms with E-state index >= 15 is 0 Å². The van der Waals surface area contributed by atoms with Crippen molar-refractivity contribution in [3.05, 3.63) is 40.1 Å². The number of likely N-dealkylation sites (tertiary alicyclic amines) is 1. The minimum atomic E-state index is -0.575. The molecule has 4 rings (SSSR count). The van der Waals surface area contributed by atoms with Crippen molar-refractivity contribution in [2.24, 2.45) is 5.16 Å². The van der Waals surface area contributed by atoms with Gasteiger partial charge in [-0.2, -0.15) is 5.10 Å². The monoisotopic (exact) mass is 530 g/mol. The Morgan fingerprint density at radius 2 is 2.00 bits per heavy atom. The SMILES string of the molecule is CCOC(=O)CON=C(C(=O)N1CCC(c2nc(-c3cc(C(=O)OCC)no3)cs2)CC1)c1ccn[nH]1. The lowest BCUT2D eigenvalue weighted by Crippen LogP contribution is -2.42. The Morgan fingerprint density at radius 1 is 1.22 bits per heavy atom. The van der Waals surface area contributed by atoms with E-state index in [1.54, 1.807) is 24.8 Å². The number of hydrogen-bond donors (Lipinski definition) is 1. The Kier molecular flexibility index (Phi) is 8.61. The summed E-state index contributed by atoms with van der Waals surface area (Å²) in [6.45, 7) is 4.44. The third kappa shape index (κ3) is 6.39. The van der Waals surface area contributed by atoms with Crippen LogP contribution in [0.25, 0.3) is 11.5 Å². The van der Waals surface area contributed by atoms with Crippen LogP contribution >= 0.6 is 11.3 Å². The summed E-state index contributed by atoms with van der Waals surface area (Å²) in [7, 11) is 0. The molecule has 1 N–H and O–H groups in total. The number of carbonyl (C=O) groups excluding carboxylic acids is 3. The molecule has 0 aromatic carbocycles. The van der Waals surface area contributed by atoms with Crippen molar-refractivity contribution in [1.82, 2.24) is 25.2 Å². The number of piperidine rings is 1. The van der Waals surface area contributed by atoms with Gasteiger partial charge in [-0.15, -0.1) is 11.3 Å². The van der Waals surface area contributed by atoms with E-state index in [0.29, 0.717) is 43.1 Å². The number of nitrogens with zero attached hydrogens (tertiary/aromatic N) is 5. The van der Waals surface area contributed by atoms with Crippen LogP contribution in [0.15, 0.2) is 33.4 Å². The van der Waals surface area contributed by atoms with Crippen LogP contribution in [0.5, 0.6) is 0 Å². The van der Waals surface area contributed by atoms with Gasteiger partial charge in [0, 0.05) is 36.7 Å². The maximum absolute atomic E-state index is 13.2. The molecule has 1 aliphatic rings. The van der Waals surface area contributed by atoms with E-state index in [1.807, 2.05) is 5.38 Å². The number of nitrogens with one attached hydrogen (secondary N) is 1. The maximum Gasteiger partial charge on any atom is 0.360 e. The fourth-order valence-electron chi connectivity index (χ4n) is 3.71. The van der Waals surface area contributed by atoms with E-state index in [9.17, 15) is 14.4 Å². The fraction of sp³-hybridized carbons (Fsp3) is 0.435. The van der Waals surface area contributed by atoms with Crippen LogP contribution in [-0.2, 0) is 23.9 Å². The van der Waals surface area contributed by atoms with Crippen LogP contribution in [0.2, 0.25) is 0 Å².